The van der Waals surface area contributed by atoms with Crippen LogP contribution in [-0.4, -0.2) is 28.6 Å². The van der Waals surface area contributed by atoms with E-state index in [4.69, 9.17) is 5.73 Å². The van der Waals surface area contributed by atoms with Gasteiger partial charge in [0.05, 0.1) is 24.9 Å². The standard InChI is InChI=1S/C10H17N3O2S/c1-4-7-9(11)10(13(2)12-7)16-6-5-8(14)15-3/h4-6,11H2,1-3H3. The van der Waals surface area contributed by atoms with E-state index in [1.807, 2.05) is 14.0 Å². The van der Waals surface area contributed by atoms with E-state index < -0.39 is 0 Å². The lowest BCUT2D eigenvalue weighted by Crippen LogP contribution is -2.02. The molecule has 0 bridgehead atoms. The second-order valence-electron chi connectivity index (χ2n) is 3.32. The Balaban J connectivity index is 2.60. The van der Waals surface area contributed by atoms with Gasteiger partial charge in [0.15, 0.2) is 0 Å². The van der Waals surface area contributed by atoms with Crippen LogP contribution >= 0.6 is 11.8 Å². The lowest BCUT2D eigenvalue weighted by atomic mass is 10.3. The third kappa shape index (κ3) is 2.91. The van der Waals surface area contributed by atoms with Crippen molar-refractivity contribution < 1.29 is 9.53 Å². The van der Waals surface area contributed by atoms with Gasteiger partial charge in [0.1, 0.15) is 5.03 Å². The molecule has 1 rings (SSSR count). The Morgan fingerprint density at radius 1 is 1.62 bits per heavy atom. The zero-order valence-corrected chi connectivity index (χ0v) is 10.6. The minimum Gasteiger partial charge on any atom is -0.469 e. The molecule has 1 aromatic rings. The minimum absolute atomic E-state index is 0.205. The number of nitrogens with two attached hydrogens (primary N) is 1. The summed E-state index contributed by atoms with van der Waals surface area (Å²) < 4.78 is 6.33. The van der Waals surface area contributed by atoms with Crippen molar-refractivity contribution in [3.8, 4) is 0 Å². The zero-order chi connectivity index (χ0) is 12.1. The average molecular weight is 243 g/mol. The van der Waals surface area contributed by atoms with Gasteiger partial charge in [-0.2, -0.15) is 5.10 Å². The second kappa shape index (κ2) is 5.79. The summed E-state index contributed by atoms with van der Waals surface area (Å²) >= 11 is 1.53. The number of methoxy groups -OCH3 is 1. The third-order valence-corrected chi connectivity index (χ3v) is 3.38. The molecule has 0 amide bonds. The van der Waals surface area contributed by atoms with Crippen LogP contribution < -0.4 is 5.73 Å². The summed E-state index contributed by atoms with van der Waals surface area (Å²) in [6.07, 6.45) is 1.20. The Labute approximate surface area is 99.3 Å². The van der Waals surface area contributed by atoms with E-state index in [1.54, 1.807) is 4.68 Å². The van der Waals surface area contributed by atoms with E-state index in [2.05, 4.69) is 9.84 Å². The first-order valence-corrected chi connectivity index (χ1v) is 6.09. The van der Waals surface area contributed by atoms with Gasteiger partial charge < -0.3 is 10.5 Å². The van der Waals surface area contributed by atoms with Crippen molar-refractivity contribution in [2.75, 3.05) is 18.6 Å². The highest BCUT2D eigenvalue weighted by Crippen LogP contribution is 2.27. The summed E-state index contributed by atoms with van der Waals surface area (Å²) in [5.74, 6) is 0.448. The van der Waals surface area contributed by atoms with Crippen LogP contribution in [-0.2, 0) is 23.0 Å². The van der Waals surface area contributed by atoms with Gasteiger partial charge >= 0.3 is 5.97 Å². The zero-order valence-electron chi connectivity index (χ0n) is 9.82. The summed E-state index contributed by atoms with van der Waals surface area (Å²) in [6.45, 7) is 2.02. The molecule has 5 nitrogen and oxygen atoms in total. The van der Waals surface area contributed by atoms with E-state index >= 15 is 0 Å². The van der Waals surface area contributed by atoms with Crippen LogP contribution in [0.1, 0.15) is 19.0 Å². The van der Waals surface area contributed by atoms with Crippen LogP contribution in [0.4, 0.5) is 5.69 Å². The van der Waals surface area contributed by atoms with E-state index in [0.717, 1.165) is 22.8 Å². The first-order chi connectivity index (χ1) is 7.60. The van der Waals surface area contributed by atoms with Crippen molar-refractivity contribution in [3.05, 3.63) is 5.69 Å². The molecule has 90 valence electrons. The molecule has 0 saturated carbocycles. The fourth-order valence-corrected chi connectivity index (χ4v) is 2.31. The van der Waals surface area contributed by atoms with Crippen molar-refractivity contribution in [3.63, 3.8) is 0 Å². The first kappa shape index (κ1) is 12.9. The van der Waals surface area contributed by atoms with Crippen LogP contribution in [0.5, 0.6) is 0 Å². The summed E-state index contributed by atoms with van der Waals surface area (Å²) in [4.78, 5) is 10.9. The molecule has 0 saturated heterocycles. The highest BCUT2D eigenvalue weighted by molar-refractivity contribution is 7.99. The number of carbonyl (C=O) groups excluding carboxylic acids is 1. The number of ether oxygens (including phenoxy) is 1. The Bertz CT molecular complexity index is 376. The Kier molecular flexibility index (Phi) is 4.67. The molecule has 0 aliphatic heterocycles. The largest absolute Gasteiger partial charge is 0.469 e. The molecule has 1 aromatic heterocycles. The van der Waals surface area contributed by atoms with Crippen molar-refractivity contribution >= 4 is 23.4 Å². The van der Waals surface area contributed by atoms with E-state index in [1.165, 1.54) is 18.9 Å². The van der Waals surface area contributed by atoms with Gasteiger partial charge in [-0.3, -0.25) is 9.48 Å². The van der Waals surface area contributed by atoms with Gasteiger partial charge in [0.25, 0.3) is 0 Å². The van der Waals surface area contributed by atoms with E-state index in [-0.39, 0.29) is 5.97 Å². The van der Waals surface area contributed by atoms with Gasteiger partial charge in [-0.05, 0) is 6.42 Å². The number of aromatic nitrogens is 2. The number of rotatable bonds is 5. The predicted octanol–water partition coefficient (Wildman–Crippen LogP) is 1.22. The van der Waals surface area contributed by atoms with Gasteiger partial charge in [-0.15, -0.1) is 11.8 Å². The lowest BCUT2D eigenvalue weighted by Gasteiger charge is -2.02. The summed E-state index contributed by atoms with van der Waals surface area (Å²) in [5.41, 5.74) is 7.57. The second-order valence-corrected chi connectivity index (χ2v) is 4.40. The van der Waals surface area contributed by atoms with Gasteiger partial charge in [0, 0.05) is 12.8 Å². The summed E-state index contributed by atoms with van der Waals surface area (Å²) in [6, 6.07) is 0. The van der Waals surface area contributed by atoms with Crippen LogP contribution in [0.25, 0.3) is 0 Å². The van der Waals surface area contributed by atoms with Crippen LogP contribution in [0.3, 0.4) is 0 Å². The monoisotopic (exact) mass is 243 g/mol. The van der Waals surface area contributed by atoms with Crippen LogP contribution in [0, 0.1) is 0 Å². The van der Waals surface area contributed by atoms with Gasteiger partial charge in [-0.1, -0.05) is 6.92 Å². The van der Waals surface area contributed by atoms with Gasteiger partial charge in [0.2, 0.25) is 0 Å². The molecular formula is C10H17N3O2S. The van der Waals surface area contributed by atoms with Gasteiger partial charge in [-0.25, -0.2) is 0 Å². The maximum absolute atomic E-state index is 10.9. The molecular weight excluding hydrogens is 226 g/mol. The molecule has 0 unspecified atom stereocenters. The number of nitrogen functional groups attached to an aromatic ring is 1. The molecule has 0 radical (unpaired) electrons. The summed E-state index contributed by atoms with van der Waals surface area (Å²) in [5, 5.41) is 5.22. The number of hydrogen-bond donors (Lipinski definition) is 1. The Morgan fingerprint density at radius 3 is 2.81 bits per heavy atom. The topological polar surface area (TPSA) is 70.1 Å². The quantitative estimate of drug-likeness (QED) is 0.622. The molecule has 0 aliphatic carbocycles. The number of esters is 1. The first-order valence-electron chi connectivity index (χ1n) is 5.11. The number of anilines is 1. The van der Waals surface area contributed by atoms with E-state index in [9.17, 15) is 4.79 Å². The van der Waals surface area contributed by atoms with Crippen molar-refractivity contribution in [2.24, 2.45) is 7.05 Å². The normalized spacial score (nSPS) is 10.4. The third-order valence-electron chi connectivity index (χ3n) is 2.21. The number of nitrogens with zero attached hydrogens (tertiary/aromatic N) is 2. The molecule has 0 aliphatic rings. The van der Waals surface area contributed by atoms with Crippen molar-refractivity contribution in [1.29, 1.82) is 0 Å². The molecule has 0 aromatic carbocycles. The van der Waals surface area contributed by atoms with Crippen LogP contribution in [0.15, 0.2) is 5.03 Å². The number of thioether (sulfide) groups is 1. The highest BCUT2D eigenvalue weighted by Gasteiger charge is 2.12. The smallest absolute Gasteiger partial charge is 0.306 e. The maximum Gasteiger partial charge on any atom is 0.306 e. The number of carbonyl (C=O) groups is 1. The molecule has 0 spiro atoms. The molecule has 0 fully saturated rings. The van der Waals surface area contributed by atoms with Crippen LogP contribution in [0.2, 0.25) is 0 Å². The fraction of sp³-hybridized carbons (Fsp3) is 0.600. The number of hydrogen-bond acceptors (Lipinski definition) is 5. The minimum atomic E-state index is -0.205. The molecule has 16 heavy (non-hydrogen) atoms. The number of aryl methyl sites for hydroxylation is 2. The highest BCUT2D eigenvalue weighted by atomic mass is 32.2. The lowest BCUT2D eigenvalue weighted by molar-refractivity contribution is -0.140. The predicted molar refractivity (Wildman–Crippen MR) is 64.4 cm³/mol. The molecule has 0 atom stereocenters. The Morgan fingerprint density at radius 2 is 2.31 bits per heavy atom. The molecule has 2 N–H and O–H groups in total. The van der Waals surface area contributed by atoms with E-state index in [0.29, 0.717) is 12.2 Å². The molecule has 1 heterocycles. The maximum atomic E-state index is 10.9. The van der Waals surface area contributed by atoms with Crippen molar-refractivity contribution in [2.45, 2.75) is 24.8 Å². The Hall–Kier alpha value is -1.17. The SMILES string of the molecule is CCc1nn(C)c(SCCC(=O)OC)c1N. The average Bonchev–Trinajstić information content (AvgIpc) is 2.55. The fourth-order valence-electron chi connectivity index (χ4n) is 1.34. The summed E-state index contributed by atoms with van der Waals surface area (Å²) in [7, 11) is 3.25. The van der Waals surface area contributed by atoms with Crippen molar-refractivity contribution in [1.82, 2.24) is 9.78 Å². The molecule has 6 heteroatoms.